The molecule has 0 aromatic heterocycles. The Hall–Kier alpha value is -2.08. The first-order valence-electron chi connectivity index (χ1n) is 11.4. The number of rotatable bonds is 10. The maximum Gasteiger partial charge on any atom is 0.264 e. The number of anilines is 1. The third-order valence-electron chi connectivity index (χ3n) is 6.25. The van der Waals surface area contributed by atoms with Crippen LogP contribution in [0, 0.1) is 5.41 Å². The summed E-state index contributed by atoms with van der Waals surface area (Å²) in [5.41, 5.74) is 2.29. The molecule has 2 amide bonds. The molecule has 6 heteroatoms. The van der Waals surface area contributed by atoms with Gasteiger partial charge in [0.05, 0.1) is 5.69 Å². The molecule has 166 valence electrons. The summed E-state index contributed by atoms with van der Waals surface area (Å²) in [4.78, 5) is 27.5. The van der Waals surface area contributed by atoms with Crippen molar-refractivity contribution in [1.29, 1.82) is 0 Å². The Morgan fingerprint density at radius 3 is 2.60 bits per heavy atom. The van der Waals surface area contributed by atoms with E-state index in [2.05, 4.69) is 31.3 Å². The van der Waals surface area contributed by atoms with Gasteiger partial charge in [-0.05, 0) is 74.7 Å². The Morgan fingerprint density at radius 1 is 1.07 bits per heavy atom. The molecule has 0 bridgehead atoms. The molecule has 0 aliphatic carbocycles. The second-order valence-electron chi connectivity index (χ2n) is 9.43. The number of hydrogen-bond acceptors (Lipinski definition) is 4. The number of carbonyl (C=O) groups is 2. The number of hydrogen-bond donors (Lipinski definition) is 1. The van der Waals surface area contributed by atoms with Gasteiger partial charge < -0.3 is 19.9 Å². The van der Waals surface area contributed by atoms with Crippen molar-refractivity contribution in [2.75, 3.05) is 44.7 Å². The van der Waals surface area contributed by atoms with Crippen LogP contribution in [0.15, 0.2) is 18.2 Å². The summed E-state index contributed by atoms with van der Waals surface area (Å²) in [5, 5.41) is 3.52. The van der Waals surface area contributed by atoms with Crippen molar-refractivity contribution < 1.29 is 14.3 Å². The highest BCUT2D eigenvalue weighted by molar-refractivity contribution is 5.97. The van der Waals surface area contributed by atoms with E-state index in [9.17, 15) is 9.59 Å². The van der Waals surface area contributed by atoms with E-state index >= 15 is 0 Å². The fraction of sp³-hybridized carbons (Fsp3) is 0.667. The zero-order valence-electron chi connectivity index (χ0n) is 18.8. The summed E-state index contributed by atoms with van der Waals surface area (Å²) in [6, 6.07) is 6.14. The summed E-state index contributed by atoms with van der Waals surface area (Å²) in [5.74, 6) is 1.13. The van der Waals surface area contributed by atoms with Gasteiger partial charge in [0.1, 0.15) is 5.75 Å². The number of likely N-dealkylation sites (N-methyl/N-ethyl adjacent to an activating group) is 1. The molecule has 1 N–H and O–H groups in total. The second kappa shape index (κ2) is 10.3. The number of carbonyl (C=O) groups excluding carboxylic acids is 2. The number of nitrogens with one attached hydrogen (secondary N) is 1. The molecule has 1 aromatic rings. The van der Waals surface area contributed by atoms with Crippen LogP contribution in [0.3, 0.4) is 0 Å². The van der Waals surface area contributed by atoms with Gasteiger partial charge in [-0.2, -0.15) is 0 Å². The maximum atomic E-state index is 12.2. The number of amides is 2. The highest BCUT2D eigenvalue weighted by Crippen LogP contribution is 2.32. The SMILES string of the molecule is CN1C(=O)COc2cc(CCCCNCCCCN3CCC(C)(C)CC3=O)ccc21. The largest absolute Gasteiger partial charge is 0.482 e. The van der Waals surface area contributed by atoms with E-state index in [4.69, 9.17) is 4.74 Å². The third kappa shape index (κ3) is 6.21. The van der Waals surface area contributed by atoms with Gasteiger partial charge in [0.2, 0.25) is 5.91 Å². The smallest absolute Gasteiger partial charge is 0.264 e. The summed E-state index contributed by atoms with van der Waals surface area (Å²) in [6.45, 7) is 8.35. The van der Waals surface area contributed by atoms with Crippen LogP contribution in [0.1, 0.15) is 57.9 Å². The normalized spacial score (nSPS) is 18.4. The summed E-state index contributed by atoms with van der Waals surface area (Å²) in [7, 11) is 1.79. The minimum Gasteiger partial charge on any atom is -0.482 e. The average Bonchev–Trinajstić information content (AvgIpc) is 2.70. The van der Waals surface area contributed by atoms with E-state index in [0.29, 0.717) is 12.3 Å². The van der Waals surface area contributed by atoms with Crippen LogP contribution in [-0.2, 0) is 16.0 Å². The number of benzene rings is 1. The van der Waals surface area contributed by atoms with E-state index in [0.717, 1.165) is 76.1 Å². The minimum absolute atomic E-state index is 0.00667. The molecule has 0 saturated carbocycles. The van der Waals surface area contributed by atoms with Crippen LogP contribution in [0.25, 0.3) is 0 Å². The first kappa shape index (κ1) is 22.6. The van der Waals surface area contributed by atoms with Gasteiger partial charge >= 0.3 is 0 Å². The molecular weight excluding hydrogens is 378 g/mol. The maximum absolute atomic E-state index is 12.2. The van der Waals surface area contributed by atoms with Crippen LogP contribution in [0.2, 0.25) is 0 Å². The lowest BCUT2D eigenvalue weighted by molar-refractivity contribution is -0.137. The summed E-state index contributed by atoms with van der Waals surface area (Å²) in [6.07, 6.45) is 7.27. The van der Waals surface area contributed by atoms with Crippen LogP contribution < -0.4 is 15.0 Å². The van der Waals surface area contributed by atoms with Crippen molar-refractivity contribution in [1.82, 2.24) is 10.2 Å². The molecule has 3 rings (SSSR count). The zero-order chi connectivity index (χ0) is 21.6. The predicted molar refractivity (Wildman–Crippen MR) is 120 cm³/mol. The molecule has 0 unspecified atom stereocenters. The molecule has 0 radical (unpaired) electrons. The quantitative estimate of drug-likeness (QED) is 0.595. The van der Waals surface area contributed by atoms with E-state index in [1.165, 1.54) is 5.56 Å². The number of aryl methyl sites for hydroxylation is 1. The molecule has 1 saturated heterocycles. The Labute approximate surface area is 180 Å². The monoisotopic (exact) mass is 415 g/mol. The van der Waals surface area contributed by atoms with Gasteiger partial charge in [0.25, 0.3) is 5.91 Å². The molecule has 6 nitrogen and oxygen atoms in total. The molecule has 1 aromatic carbocycles. The minimum atomic E-state index is -0.00667. The molecular formula is C24H37N3O3. The van der Waals surface area contributed by atoms with Crippen molar-refractivity contribution in [3.63, 3.8) is 0 Å². The Kier molecular flexibility index (Phi) is 7.75. The van der Waals surface area contributed by atoms with Gasteiger partial charge in [0, 0.05) is 26.6 Å². The van der Waals surface area contributed by atoms with Crippen LogP contribution in [0.4, 0.5) is 5.69 Å². The number of nitrogens with zero attached hydrogens (tertiary/aromatic N) is 2. The number of piperidine rings is 1. The number of ether oxygens (including phenoxy) is 1. The Morgan fingerprint density at radius 2 is 1.83 bits per heavy atom. The van der Waals surface area contributed by atoms with E-state index in [1.54, 1.807) is 11.9 Å². The van der Waals surface area contributed by atoms with Crippen molar-refractivity contribution in [2.24, 2.45) is 5.41 Å². The molecule has 0 spiro atoms. The van der Waals surface area contributed by atoms with Crippen molar-refractivity contribution in [2.45, 2.75) is 58.8 Å². The standard InChI is InChI=1S/C24H37N3O3/c1-24(2)11-15-27(22(28)17-24)14-7-6-13-25-12-5-4-8-19-9-10-20-21(16-19)30-18-23(29)26(20)3/h9-10,16,25H,4-8,11-15,17-18H2,1-3H3. The van der Waals surface area contributed by atoms with Gasteiger partial charge in [0.15, 0.2) is 6.61 Å². The molecule has 1 fully saturated rings. The fourth-order valence-electron chi connectivity index (χ4n) is 4.14. The van der Waals surface area contributed by atoms with Crippen LogP contribution >= 0.6 is 0 Å². The highest BCUT2D eigenvalue weighted by atomic mass is 16.5. The number of unbranched alkanes of at least 4 members (excludes halogenated alkanes) is 2. The Bertz CT molecular complexity index is 747. The lowest BCUT2D eigenvalue weighted by Gasteiger charge is -2.36. The fourth-order valence-corrected chi connectivity index (χ4v) is 4.14. The molecule has 0 atom stereocenters. The second-order valence-corrected chi connectivity index (χ2v) is 9.43. The summed E-state index contributed by atoms with van der Waals surface area (Å²) >= 11 is 0. The molecule has 2 aliphatic rings. The Balaban J connectivity index is 1.23. The average molecular weight is 416 g/mol. The van der Waals surface area contributed by atoms with Crippen LogP contribution in [0.5, 0.6) is 5.75 Å². The molecule has 2 aliphatic heterocycles. The lowest BCUT2D eigenvalue weighted by atomic mass is 9.82. The number of likely N-dealkylation sites (tertiary alicyclic amines) is 1. The third-order valence-corrected chi connectivity index (χ3v) is 6.25. The van der Waals surface area contributed by atoms with Gasteiger partial charge in [-0.1, -0.05) is 19.9 Å². The van der Waals surface area contributed by atoms with Gasteiger partial charge in [-0.25, -0.2) is 0 Å². The zero-order valence-corrected chi connectivity index (χ0v) is 18.8. The highest BCUT2D eigenvalue weighted by Gasteiger charge is 2.30. The van der Waals surface area contributed by atoms with E-state index < -0.39 is 0 Å². The topological polar surface area (TPSA) is 61.9 Å². The number of fused-ring (bicyclic) bond motifs is 1. The van der Waals surface area contributed by atoms with Gasteiger partial charge in [-0.3, -0.25) is 9.59 Å². The van der Waals surface area contributed by atoms with Crippen molar-refractivity contribution in [3.05, 3.63) is 23.8 Å². The molecule has 2 heterocycles. The van der Waals surface area contributed by atoms with Crippen molar-refractivity contribution in [3.8, 4) is 5.75 Å². The molecule has 30 heavy (non-hydrogen) atoms. The van der Waals surface area contributed by atoms with Crippen LogP contribution in [-0.4, -0.2) is 56.5 Å². The first-order chi connectivity index (χ1) is 14.4. The summed E-state index contributed by atoms with van der Waals surface area (Å²) < 4.78 is 5.56. The van der Waals surface area contributed by atoms with E-state index in [-0.39, 0.29) is 17.9 Å². The van der Waals surface area contributed by atoms with Gasteiger partial charge in [-0.15, -0.1) is 0 Å². The predicted octanol–water partition coefficient (Wildman–Crippen LogP) is 3.38. The van der Waals surface area contributed by atoms with Crippen molar-refractivity contribution >= 4 is 17.5 Å². The van der Waals surface area contributed by atoms with E-state index in [1.807, 2.05) is 11.0 Å². The first-order valence-corrected chi connectivity index (χ1v) is 11.4. The lowest BCUT2D eigenvalue weighted by Crippen LogP contribution is -2.42.